The zero-order valence-corrected chi connectivity index (χ0v) is 13.0. The molecular formula is C17H28N2O2. The third kappa shape index (κ3) is 6.14. The van der Waals surface area contributed by atoms with Crippen LogP contribution in [-0.2, 0) is 4.74 Å². The highest BCUT2D eigenvalue weighted by Crippen LogP contribution is 2.15. The van der Waals surface area contributed by atoms with Crippen molar-refractivity contribution in [1.29, 1.82) is 0 Å². The number of aliphatic hydroxyl groups is 1. The molecule has 0 amide bonds. The molecule has 2 unspecified atom stereocenters. The van der Waals surface area contributed by atoms with Crippen molar-refractivity contribution in [3.8, 4) is 0 Å². The Morgan fingerprint density at radius 2 is 1.95 bits per heavy atom. The standard InChI is InChI=1S/C17H28N2O2/c1-15(16-7-3-2-4-8-16)21-14-17(20)13-18-9-12-19-10-5-6-11-19/h2-4,7-8,15,17-18,20H,5-6,9-14H2,1H3. The number of benzene rings is 1. The van der Waals surface area contributed by atoms with E-state index >= 15 is 0 Å². The molecule has 0 saturated carbocycles. The molecule has 4 nitrogen and oxygen atoms in total. The van der Waals surface area contributed by atoms with Crippen LogP contribution in [0.15, 0.2) is 30.3 Å². The van der Waals surface area contributed by atoms with Crippen molar-refractivity contribution in [2.45, 2.75) is 32.0 Å². The van der Waals surface area contributed by atoms with E-state index in [1.165, 1.54) is 25.9 Å². The van der Waals surface area contributed by atoms with Crippen molar-refractivity contribution in [3.63, 3.8) is 0 Å². The van der Waals surface area contributed by atoms with Gasteiger partial charge in [0.2, 0.25) is 0 Å². The van der Waals surface area contributed by atoms with Gasteiger partial charge in [0, 0.05) is 19.6 Å². The molecule has 1 aromatic carbocycles. The summed E-state index contributed by atoms with van der Waals surface area (Å²) < 4.78 is 5.72. The van der Waals surface area contributed by atoms with Gasteiger partial charge in [-0.25, -0.2) is 0 Å². The Bertz CT molecular complexity index is 380. The van der Waals surface area contributed by atoms with Crippen molar-refractivity contribution in [3.05, 3.63) is 35.9 Å². The number of rotatable bonds is 9. The third-order valence-electron chi connectivity index (χ3n) is 3.99. The molecule has 0 radical (unpaired) electrons. The second-order valence-electron chi connectivity index (χ2n) is 5.79. The van der Waals surface area contributed by atoms with Crippen molar-refractivity contribution in [1.82, 2.24) is 10.2 Å². The van der Waals surface area contributed by atoms with Gasteiger partial charge in [0.15, 0.2) is 0 Å². The predicted octanol–water partition coefficient (Wildman–Crippen LogP) is 1.81. The van der Waals surface area contributed by atoms with Crippen LogP contribution in [0.5, 0.6) is 0 Å². The van der Waals surface area contributed by atoms with Crippen LogP contribution < -0.4 is 5.32 Å². The summed E-state index contributed by atoms with van der Waals surface area (Å²) in [6, 6.07) is 10.1. The fraction of sp³-hybridized carbons (Fsp3) is 0.647. The predicted molar refractivity (Wildman–Crippen MR) is 85.4 cm³/mol. The molecule has 0 aliphatic carbocycles. The number of aliphatic hydroxyl groups excluding tert-OH is 1. The lowest BCUT2D eigenvalue weighted by Crippen LogP contribution is -2.36. The second kappa shape index (κ2) is 9.15. The Labute approximate surface area is 128 Å². The zero-order valence-electron chi connectivity index (χ0n) is 13.0. The molecule has 118 valence electrons. The first-order chi connectivity index (χ1) is 10.3. The summed E-state index contributed by atoms with van der Waals surface area (Å²) >= 11 is 0. The van der Waals surface area contributed by atoms with Crippen LogP contribution >= 0.6 is 0 Å². The Morgan fingerprint density at radius 3 is 2.67 bits per heavy atom. The van der Waals surface area contributed by atoms with Gasteiger partial charge in [0.05, 0.1) is 18.8 Å². The van der Waals surface area contributed by atoms with Gasteiger partial charge in [-0.3, -0.25) is 0 Å². The molecule has 1 aliphatic heterocycles. The highest BCUT2D eigenvalue weighted by Gasteiger charge is 2.12. The molecule has 0 aromatic heterocycles. The highest BCUT2D eigenvalue weighted by atomic mass is 16.5. The van der Waals surface area contributed by atoms with E-state index in [0.717, 1.165) is 18.7 Å². The van der Waals surface area contributed by atoms with Gasteiger partial charge in [-0.1, -0.05) is 30.3 Å². The van der Waals surface area contributed by atoms with Crippen LogP contribution in [0.2, 0.25) is 0 Å². The largest absolute Gasteiger partial charge is 0.389 e. The summed E-state index contributed by atoms with van der Waals surface area (Å²) in [6.45, 7) is 7.44. The van der Waals surface area contributed by atoms with Gasteiger partial charge in [0.1, 0.15) is 0 Å². The maximum atomic E-state index is 9.94. The van der Waals surface area contributed by atoms with Crippen molar-refractivity contribution >= 4 is 0 Å². The lowest BCUT2D eigenvalue weighted by atomic mass is 10.1. The van der Waals surface area contributed by atoms with E-state index < -0.39 is 6.10 Å². The molecule has 2 rings (SSSR count). The minimum absolute atomic E-state index is 0.0189. The molecule has 4 heteroatoms. The molecular weight excluding hydrogens is 264 g/mol. The van der Waals surface area contributed by atoms with Crippen LogP contribution in [0.3, 0.4) is 0 Å². The smallest absolute Gasteiger partial charge is 0.0897 e. The Balaban J connectivity index is 1.53. The highest BCUT2D eigenvalue weighted by molar-refractivity contribution is 5.16. The summed E-state index contributed by atoms with van der Waals surface area (Å²) in [5.41, 5.74) is 1.15. The number of hydrogen-bond acceptors (Lipinski definition) is 4. The summed E-state index contributed by atoms with van der Waals surface area (Å²) in [4.78, 5) is 2.47. The summed E-state index contributed by atoms with van der Waals surface area (Å²) in [5.74, 6) is 0. The van der Waals surface area contributed by atoms with Gasteiger partial charge in [-0.15, -0.1) is 0 Å². The molecule has 1 saturated heterocycles. The molecule has 0 bridgehead atoms. The fourth-order valence-corrected chi connectivity index (χ4v) is 2.65. The van der Waals surface area contributed by atoms with E-state index in [9.17, 15) is 5.11 Å². The van der Waals surface area contributed by atoms with E-state index in [4.69, 9.17) is 4.74 Å². The van der Waals surface area contributed by atoms with Gasteiger partial charge in [0.25, 0.3) is 0 Å². The number of hydrogen-bond donors (Lipinski definition) is 2. The molecule has 0 spiro atoms. The van der Waals surface area contributed by atoms with E-state index in [1.54, 1.807) is 0 Å². The average molecular weight is 292 g/mol. The zero-order chi connectivity index (χ0) is 14.9. The second-order valence-corrected chi connectivity index (χ2v) is 5.79. The first-order valence-corrected chi connectivity index (χ1v) is 8.03. The van der Waals surface area contributed by atoms with E-state index in [-0.39, 0.29) is 6.10 Å². The maximum absolute atomic E-state index is 9.94. The SMILES string of the molecule is CC(OCC(O)CNCCN1CCCC1)c1ccccc1. The van der Waals surface area contributed by atoms with E-state index in [2.05, 4.69) is 10.2 Å². The van der Waals surface area contributed by atoms with Crippen LogP contribution in [0, 0.1) is 0 Å². The molecule has 2 N–H and O–H groups in total. The van der Waals surface area contributed by atoms with E-state index in [1.807, 2.05) is 37.3 Å². The monoisotopic (exact) mass is 292 g/mol. The van der Waals surface area contributed by atoms with Crippen LogP contribution in [-0.4, -0.2) is 55.4 Å². The number of nitrogens with zero attached hydrogens (tertiary/aromatic N) is 1. The lowest BCUT2D eigenvalue weighted by Gasteiger charge is -2.18. The number of likely N-dealkylation sites (tertiary alicyclic amines) is 1. The third-order valence-corrected chi connectivity index (χ3v) is 3.99. The van der Waals surface area contributed by atoms with Crippen LogP contribution in [0.1, 0.15) is 31.4 Å². The fourth-order valence-electron chi connectivity index (χ4n) is 2.65. The summed E-state index contributed by atoms with van der Waals surface area (Å²) in [7, 11) is 0. The molecule has 1 aliphatic rings. The Morgan fingerprint density at radius 1 is 1.24 bits per heavy atom. The molecule has 1 heterocycles. The first kappa shape index (κ1) is 16.4. The average Bonchev–Trinajstić information content (AvgIpc) is 3.03. The molecule has 2 atom stereocenters. The minimum atomic E-state index is -0.449. The number of ether oxygens (including phenoxy) is 1. The van der Waals surface area contributed by atoms with Crippen LogP contribution in [0.25, 0.3) is 0 Å². The van der Waals surface area contributed by atoms with Gasteiger partial charge in [-0.05, 0) is 38.4 Å². The van der Waals surface area contributed by atoms with Crippen molar-refractivity contribution < 1.29 is 9.84 Å². The quantitative estimate of drug-likeness (QED) is 0.681. The van der Waals surface area contributed by atoms with Crippen LogP contribution in [0.4, 0.5) is 0 Å². The molecule has 1 aromatic rings. The lowest BCUT2D eigenvalue weighted by molar-refractivity contribution is -0.00207. The van der Waals surface area contributed by atoms with Gasteiger partial charge in [-0.2, -0.15) is 0 Å². The normalized spacial score (nSPS) is 18.8. The maximum Gasteiger partial charge on any atom is 0.0897 e. The summed E-state index contributed by atoms with van der Waals surface area (Å²) in [5, 5.41) is 13.2. The topological polar surface area (TPSA) is 44.7 Å². The van der Waals surface area contributed by atoms with E-state index in [0.29, 0.717) is 13.2 Å². The molecule has 1 fully saturated rings. The Hall–Kier alpha value is -0.940. The summed E-state index contributed by atoms with van der Waals surface area (Å²) in [6.07, 6.45) is 2.22. The van der Waals surface area contributed by atoms with Crippen molar-refractivity contribution in [2.75, 3.05) is 39.3 Å². The first-order valence-electron chi connectivity index (χ1n) is 8.03. The molecule has 21 heavy (non-hydrogen) atoms. The van der Waals surface area contributed by atoms with Gasteiger partial charge >= 0.3 is 0 Å². The number of nitrogens with one attached hydrogen (secondary N) is 1. The van der Waals surface area contributed by atoms with Gasteiger partial charge < -0.3 is 20.1 Å². The Kier molecular flexibility index (Phi) is 7.16. The minimum Gasteiger partial charge on any atom is -0.389 e. The van der Waals surface area contributed by atoms with Crippen molar-refractivity contribution in [2.24, 2.45) is 0 Å².